The Hall–Kier alpha value is -3.48. The van der Waals surface area contributed by atoms with Crippen LogP contribution >= 0.6 is 0 Å². The van der Waals surface area contributed by atoms with Gasteiger partial charge in [0.1, 0.15) is 28.9 Å². The third kappa shape index (κ3) is 6.88. The first kappa shape index (κ1) is 30.5. The molecule has 2 aromatic rings. The lowest BCUT2D eigenvalue weighted by molar-refractivity contribution is -0.141. The number of carboxylic acids is 1. The molecular formula is C34H45NO6. The molecule has 0 saturated heterocycles. The van der Waals surface area contributed by atoms with Crippen LogP contribution in [0.15, 0.2) is 48.0 Å². The van der Waals surface area contributed by atoms with Gasteiger partial charge in [-0.05, 0) is 73.9 Å². The van der Waals surface area contributed by atoms with E-state index in [1.54, 1.807) is 12.1 Å². The molecule has 7 nitrogen and oxygen atoms in total. The molecule has 1 heterocycles. The normalized spacial score (nSPS) is 20.2. The Kier molecular flexibility index (Phi) is 9.05. The number of rotatable bonds is 11. The Balaban J connectivity index is 1.55. The van der Waals surface area contributed by atoms with Crippen molar-refractivity contribution >= 4 is 11.9 Å². The van der Waals surface area contributed by atoms with Crippen LogP contribution in [0.5, 0.6) is 17.2 Å². The van der Waals surface area contributed by atoms with E-state index in [4.69, 9.17) is 4.74 Å². The van der Waals surface area contributed by atoms with Gasteiger partial charge >= 0.3 is 5.97 Å². The number of nitrogens with one attached hydrogen (secondary N) is 1. The number of allylic oxidation sites excluding steroid dienone is 1. The molecule has 1 amide bonds. The van der Waals surface area contributed by atoms with Gasteiger partial charge in [0.05, 0.1) is 0 Å². The van der Waals surface area contributed by atoms with E-state index in [1.807, 2.05) is 12.1 Å². The summed E-state index contributed by atoms with van der Waals surface area (Å²) in [6, 6.07) is 9.11. The standard InChI is InChI=1S/C34H45NO6/c1-6-7-8-9-16-33(2,3)23-19-28(37)30-25-18-22(12-15-26(25)34(4,5)41-29(30)20-23)31(38)35-27(32(39)40)17-21-10-13-24(36)14-11-21/h10-14,19-20,25-27,36-37H,6-9,15-18H2,1-5H3,(H,35,38)(H,39,40)/t25-,26?,27-/m1/s1. The molecule has 0 fully saturated rings. The number of carbonyl (C=O) groups excluding carboxylic acids is 1. The van der Waals surface area contributed by atoms with E-state index >= 15 is 0 Å². The smallest absolute Gasteiger partial charge is 0.326 e. The van der Waals surface area contributed by atoms with Crippen LogP contribution in [0.3, 0.4) is 0 Å². The minimum atomic E-state index is -1.12. The van der Waals surface area contributed by atoms with Crippen LogP contribution in [0.4, 0.5) is 0 Å². The Morgan fingerprint density at radius 1 is 1.10 bits per heavy atom. The Labute approximate surface area is 243 Å². The summed E-state index contributed by atoms with van der Waals surface area (Å²) < 4.78 is 6.53. The monoisotopic (exact) mass is 563 g/mol. The number of aromatic hydroxyl groups is 2. The molecule has 41 heavy (non-hydrogen) atoms. The van der Waals surface area contributed by atoms with Crippen molar-refractivity contribution in [2.45, 2.75) is 109 Å². The largest absolute Gasteiger partial charge is 0.508 e. The van der Waals surface area contributed by atoms with Crippen LogP contribution in [0, 0.1) is 5.92 Å². The van der Waals surface area contributed by atoms with Crippen molar-refractivity contribution in [3.05, 3.63) is 64.7 Å². The number of ether oxygens (including phenoxy) is 1. The van der Waals surface area contributed by atoms with Gasteiger partial charge in [-0.1, -0.05) is 64.7 Å². The number of benzene rings is 2. The zero-order valence-electron chi connectivity index (χ0n) is 25.0. The number of amides is 1. The molecule has 1 unspecified atom stereocenters. The highest BCUT2D eigenvalue weighted by Gasteiger charge is 2.47. The van der Waals surface area contributed by atoms with Gasteiger partial charge in [-0.3, -0.25) is 4.79 Å². The fraction of sp³-hybridized carbons (Fsp3) is 0.529. The van der Waals surface area contributed by atoms with E-state index in [9.17, 15) is 24.9 Å². The fourth-order valence-electron chi connectivity index (χ4n) is 6.43. The van der Waals surface area contributed by atoms with Crippen molar-refractivity contribution in [1.82, 2.24) is 5.32 Å². The Morgan fingerprint density at radius 2 is 1.80 bits per heavy atom. The first-order valence-electron chi connectivity index (χ1n) is 14.9. The number of phenolic OH excluding ortho intramolecular Hbond substituents is 2. The van der Waals surface area contributed by atoms with Crippen molar-refractivity contribution in [1.29, 1.82) is 0 Å². The lowest BCUT2D eigenvalue weighted by Crippen LogP contribution is -2.47. The second-order valence-electron chi connectivity index (χ2n) is 12.9. The summed E-state index contributed by atoms with van der Waals surface area (Å²) in [5, 5.41) is 33.4. The summed E-state index contributed by atoms with van der Waals surface area (Å²) in [7, 11) is 0. The van der Waals surface area contributed by atoms with Gasteiger partial charge in [0.25, 0.3) is 0 Å². The Bertz CT molecular complexity index is 1290. The van der Waals surface area contributed by atoms with Crippen LogP contribution in [-0.4, -0.2) is 38.8 Å². The lowest BCUT2D eigenvalue weighted by atomic mass is 9.66. The average molecular weight is 564 g/mol. The van der Waals surface area contributed by atoms with Gasteiger partial charge in [-0.15, -0.1) is 0 Å². The minimum absolute atomic E-state index is 0.0534. The number of unbranched alkanes of at least 4 members (excludes halogenated alkanes) is 3. The summed E-state index contributed by atoms with van der Waals surface area (Å²) in [6.07, 6.45) is 8.70. The van der Waals surface area contributed by atoms with Gasteiger partial charge < -0.3 is 25.4 Å². The van der Waals surface area contributed by atoms with Gasteiger partial charge in [-0.2, -0.15) is 0 Å². The highest BCUT2D eigenvalue weighted by atomic mass is 16.5. The van der Waals surface area contributed by atoms with Gasteiger partial charge in [-0.25, -0.2) is 4.79 Å². The van der Waals surface area contributed by atoms with Crippen LogP contribution in [-0.2, 0) is 21.4 Å². The maximum atomic E-state index is 13.3. The van der Waals surface area contributed by atoms with Crippen molar-refractivity contribution in [3.63, 3.8) is 0 Å². The maximum absolute atomic E-state index is 13.3. The number of phenols is 2. The zero-order chi connectivity index (χ0) is 29.9. The van der Waals surface area contributed by atoms with E-state index in [0.717, 1.165) is 24.0 Å². The topological polar surface area (TPSA) is 116 Å². The molecule has 0 bridgehead atoms. The highest BCUT2D eigenvalue weighted by molar-refractivity contribution is 5.96. The van der Waals surface area contributed by atoms with Crippen molar-refractivity contribution in [2.24, 2.45) is 5.92 Å². The van der Waals surface area contributed by atoms with Crippen molar-refractivity contribution in [2.75, 3.05) is 0 Å². The molecule has 0 saturated carbocycles. The molecule has 0 aromatic heterocycles. The van der Waals surface area contributed by atoms with E-state index < -0.39 is 23.5 Å². The van der Waals surface area contributed by atoms with Crippen LogP contribution in [0.2, 0.25) is 0 Å². The predicted octanol–water partition coefficient (Wildman–Crippen LogP) is 6.75. The average Bonchev–Trinajstić information content (AvgIpc) is 2.91. The Morgan fingerprint density at radius 3 is 2.46 bits per heavy atom. The van der Waals surface area contributed by atoms with Crippen LogP contribution < -0.4 is 10.1 Å². The van der Waals surface area contributed by atoms with Gasteiger partial charge in [0.15, 0.2) is 0 Å². The van der Waals surface area contributed by atoms with E-state index in [0.29, 0.717) is 29.7 Å². The maximum Gasteiger partial charge on any atom is 0.326 e. The summed E-state index contributed by atoms with van der Waals surface area (Å²) in [4.78, 5) is 25.3. The number of hydrogen-bond donors (Lipinski definition) is 4. The van der Waals surface area contributed by atoms with Crippen molar-refractivity contribution in [3.8, 4) is 17.2 Å². The molecule has 2 aliphatic rings. The SMILES string of the molecule is CCCCCCC(C)(C)c1cc(O)c2c(c1)OC(C)(C)C1CC=C(C(=O)N[C@H](Cc3ccc(O)cc3)C(=O)O)C[C@@H]21. The number of carbonyl (C=O) groups is 2. The fourth-order valence-corrected chi connectivity index (χ4v) is 6.43. The first-order chi connectivity index (χ1) is 19.3. The van der Waals surface area contributed by atoms with Crippen LogP contribution in [0.1, 0.15) is 102 Å². The third-order valence-electron chi connectivity index (χ3n) is 9.01. The van der Waals surface area contributed by atoms with Gasteiger partial charge in [0, 0.05) is 29.4 Å². The summed E-state index contributed by atoms with van der Waals surface area (Å²) in [5.41, 5.74) is 2.37. The summed E-state index contributed by atoms with van der Waals surface area (Å²) >= 11 is 0. The molecule has 1 aliphatic carbocycles. The summed E-state index contributed by atoms with van der Waals surface area (Å²) in [6.45, 7) is 10.7. The van der Waals surface area contributed by atoms with E-state index in [-0.39, 0.29) is 35.2 Å². The number of fused-ring (bicyclic) bond motifs is 3. The molecule has 4 N–H and O–H groups in total. The van der Waals surface area contributed by atoms with E-state index in [2.05, 4.69) is 46.0 Å². The molecule has 1 aliphatic heterocycles. The number of aliphatic carboxylic acids is 1. The molecule has 222 valence electrons. The molecular weight excluding hydrogens is 518 g/mol. The number of carboxylic acid groups (broad SMARTS) is 1. The minimum Gasteiger partial charge on any atom is -0.508 e. The second-order valence-corrected chi connectivity index (χ2v) is 12.9. The molecule has 0 radical (unpaired) electrons. The van der Waals surface area contributed by atoms with Gasteiger partial charge in [0.2, 0.25) is 5.91 Å². The molecule has 4 rings (SSSR count). The molecule has 2 aromatic carbocycles. The number of hydrogen-bond acceptors (Lipinski definition) is 5. The summed E-state index contributed by atoms with van der Waals surface area (Å²) in [5.74, 6) is -0.658. The van der Waals surface area contributed by atoms with E-state index in [1.165, 1.54) is 31.4 Å². The second kappa shape index (κ2) is 12.2. The molecule has 3 atom stereocenters. The lowest BCUT2D eigenvalue weighted by Gasteiger charge is -2.47. The quantitative estimate of drug-likeness (QED) is 0.225. The zero-order valence-corrected chi connectivity index (χ0v) is 25.0. The van der Waals surface area contributed by atoms with Crippen LogP contribution in [0.25, 0.3) is 0 Å². The third-order valence-corrected chi connectivity index (χ3v) is 9.01. The predicted molar refractivity (Wildman–Crippen MR) is 160 cm³/mol. The molecule has 7 heteroatoms. The molecule has 0 spiro atoms. The first-order valence-corrected chi connectivity index (χ1v) is 14.9. The van der Waals surface area contributed by atoms with Crippen molar-refractivity contribution < 1.29 is 29.6 Å². The highest BCUT2D eigenvalue weighted by Crippen LogP contribution is 2.55.